The summed E-state index contributed by atoms with van der Waals surface area (Å²) < 4.78 is 10.7. The highest BCUT2D eigenvalue weighted by atomic mass is 16.5. The van der Waals surface area contributed by atoms with Gasteiger partial charge in [-0.3, -0.25) is 14.7 Å². The maximum Gasteiger partial charge on any atom is 0.269 e. The fourth-order valence-electron chi connectivity index (χ4n) is 2.95. The van der Waals surface area contributed by atoms with Gasteiger partial charge in [0.05, 0.1) is 26.4 Å². The second kappa shape index (κ2) is 8.60. The van der Waals surface area contributed by atoms with E-state index in [1.165, 1.54) is 0 Å². The number of hydrogen-bond acceptors (Lipinski definition) is 5. The van der Waals surface area contributed by atoms with Gasteiger partial charge in [0.15, 0.2) is 0 Å². The van der Waals surface area contributed by atoms with Gasteiger partial charge in [0.1, 0.15) is 11.4 Å². The molecule has 1 amide bonds. The molecule has 132 valence electrons. The summed E-state index contributed by atoms with van der Waals surface area (Å²) in [5.41, 5.74) is 1.57. The molecule has 0 unspecified atom stereocenters. The van der Waals surface area contributed by atoms with Gasteiger partial charge in [-0.1, -0.05) is 18.2 Å². The molecule has 1 saturated heterocycles. The number of morpholine rings is 1. The van der Waals surface area contributed by atoms with Gasteiger partial charge < -0.3 is 14.8 Å². The molecular weight excluding hydrogens is 318 g/mol. The predicted octanol–water partition coefficient (Wildman–Crippen LogP) is 1.89. The van der Waals surface area contributed by atoms with Crippen LogP contribution in [0, 0.1) is 0 Å². The van der Waals surface area contributed by atoms with Crippen LogP contribution in [-0.2, 0) is 4.74 Å². The average molecular weight is 341 g/mol. The number of aromatic nitrogens is 1. The summed E-state index contributed by atoms with van der Waals surface area (Å²) >= 11 is 0. The van der Waals surface area contributed by atoms with Crippen molar-refractivity contribution in [3.63, 3.8) is 0 Å². The van der Waals surface area contributed by atoms with Crippen molar-refractivity contribution in [1.29, 1.82) is 0 Å². The number of benzene rings is 1. The van der Waals surface area contributed by atoms with Gasteiger partial charge in [0.25, 0.3) is 5.91 Å². The summed E-state index contributed by atoms with van der Waals surface area (Å²) in [6.45, 7) is 3.62. The third-order valence-corrected chi connectivity index (χ3v) is 4.34. The maximum atomic E-state index is 12.3. The highest BCUT2D eigenvalue weighted by Crippen LogP contribution is 2.23. The SMILES string of the molecule is COc1ccc([C@H](CNC(=O)c2ccccn2)N2CCOCC2)cc1. The Balaban J connectivity index is 1.72. The largest absolute Gasteiger partial charge is 0.497 e. The van der Waals surface area contributed by atoms with Crippen molar-refractivity contribution in [1.82, 2.24) is 15.2 Å². The molecule has 0 aliphatic carbocycles. The number of nitrogens with one attached hydrogen (secondary N) is 1. The molecule has 1 N–H and O–H groups in total. The number of nitrogens with zero attached hydrogens (tertiary/aromatic N) is 2. The minimum absolute atomic E-state index is 0.0856. The smallest absolute Gasteiger partial charge is 0.269 e. The molecule has 6 heteroatoms. The molecule has 1 fully saturated rings. The first kappa shape index (κ1) is 17.4. The molecule has 0 saturated carbocycles. The van der Waals surface area contributed by atoms with Gasteiger partial charge in [0, 0.05) is 25.8 Å². The number of methoxy groups -OCH3 is 1. The zero-order chi connectivity index (χ0) is 17.5. The number of amides is 1. The number of rotatable bonds is 6. The Morgan fingerprint density at radius 1 is 1.24 bits per heavy atom. The molecular formula is C19H23N3O3. The molecule has 1 aliphatic heterocycles. The van der Waals surface area contributed by atoms with Crippen LogP contribution < -0.4 is 10.1 Å². The molecule has 0 bridgehead atoms. The standard InChI is InChI=1S/C19H23N3O3/c1-24-16-7-5-15(6-8-16)18(22-10-12-25-13-11-22)14-21-19(23)17-4-2-3-9-20-17/h2-9,18H,10-14H2,1H3,(H,21,23)/t18-/m0/s1. The number of pyridine rings is 1. The van der Waals surface area contributed by atoms with Crippen LogP contribution in [0.5, 0.6) is 5.75 Å². The van der Waals surface area contributed by atoms with Gasteiger partial charge in [0.2, 0.25) is 0 Å². The molecule has 0 radical (unpaired) electrons. The van der Waals surface area contributed by atoms with Gasteiger partial charge in [-0.15, -0.1) is 0 Å². The van der Waals surface area contributed by atoms with Crippen LogP contribution in [0.3, 0.4) is 0 Å². The Morgan fingerprint density at radius 3 is 2.64 bits per heavy atom. The molecule has 1 aromatic carbocycles. The topological polar surface area (TPSA) is 63.7 Å². The summed E-state index contributed by atoms with van der Waals surface area (Å²) in [5.74, 6) is 0.661. The zero-order valence-corrected chi connectivity index (χ0v) is 14.4. The molecule has 0 spiro atoms. The van der Waals surface area contributed by atoms with Crippen LogP contribution in [0.2, 0.25) is 0 Å². The van der Waals surface area contributed by atoms with Crippen molar-refractivity contribution in [3.8, 4) is 5.75 Å². The van der Waals surface area contributed by atoms with Crippen LogP contribution >= 0.6 is 0 Å². The lowest BCUT2D eigenvalue weighted by molar-refractivity contribution is 0.0162. The first-order valence-corrected chi connectivity index (χ1v) is 8.43. The first-order valence-electron chi connectivity index (χ1n) is 8.43. The van der Waals surface area contributed by atoms with Crippen LogP contribution in [-0.4, -0.2) is 55.7 Å². The minimum Gasteiger partial charge on any atom is -0.497 e. The van der Waals surface area contributed by atoms with Crippen LogP contribution in [0.15, 0.2) is 48.7 Å². The average Bonchev–Trinajstić information content (AvgIpc) is 2.70. The maximum absolute atomic E-state index is 12.3. The van der Waals surface area contributed by atoms with E-state index in [1.807, 2.05) is 30.3 Å². The fourth-order valence-corrected chi connectivity index (χ4v) is 2.95. The van der Waals surface area contributed by atoms with Crippen molar-refractivity contribution in [2.24, 2.45) is 0 Å². The van der Waals surface area contributed by atoms with Crippen LogP contribution in [0.4, 0.5) is 0 Å². The Labute approximate surface area is 147 Å². The second-order valence-corrected chi connectivity index (χ2v) is 5.86. The van der Waals surface area contributed by atoms with Gasteiger partial charge in [-0.25, -0.2) is 0 Å². The van der Waals surface area contributed by atoms with Gasteiger partial charge in [-0.2, -0.15) is 0 Å². The molecule has 2 heterocycles. The van der Waals surface area contributed by atoms with Crippen molar-refractivity contribution < 1.29 is 14.3 Å². The van der Waals surface area contributed by atoms with E-state index >= 15 is 0 Å². The van der Waals surface area contributed by atoms with E-state index in [4.69, 9.17) is 9.47 Å². The normalized spacial score (nSPS) is 16.2. The van der Waals surface area contributed by atoms with E-state index in [1.54, 1.807) is 25.4 Å². The quantitative estimate of drug-likeness (QED) is 0.869. The molecule has 3 rings (SSSR count). The number of carbonyl (C=O) groups excluding carboxylic acids is 1. The molecule has 1 atom stereocenters. The monoisotopic (exact) mass is 341 g/mol. The van der Waals surface area contributed by atoms with Gasteiger partial charge >= 0.3 is 0 Å². The van der Waals surface area contributed by atoms with E-state index in [0.29, 0.717) is 25.5 Å². The molecule has 2 aromatic rings. The van der Waals surface area contributed by atoms with E-state index in [-0.39, 0.29) is 11.9 Å². The Bertz CT molecular complexity index is 670. The zero-order valence-electron chi connectivity index (χ0n) is 14.4. The van der Waals surface area contributed by atoms with Gasteiger partial charge in [-0.05, 0) is 29.8 Å². The number of hydrogen-bond donors (Lipinski definition) is 1. The van der Waals surface area contributed by atoms with E-state index in [0.717, 1.165) is 24.4 Å². The Morgan fingerprint density at radius 2 is 2.00 bits per heavy atom. The summed E-state index contributed by atoms with van der Waals surface area (Å²) in [4.78, 5) is 18.8. The predicted molar refractivity (Wildman–Crippen MR) is 94.7 cm³/mol. The van der Waals surface area contributed by atoms with Crippen molar-refractivity contribution in [3.05, 3.63) is 59.9 Å². The first-order chi connectivity index (χ1) is 12.3. The molecule has 1 aliphatic rings. The highest BCUT2D eigenvalue weighted by Gasteiger charge is 2.23. The third kappa shape index (κ3) is 4.55. The third-order valence-electron chi connectivity index (χ3n) is 4.34. The van der Waals surface area contributed by atoms with Crippen LogP contribution in [0.25, 0.3) is 0 Å². The van der Waals surface area contributed by atoms with Crippen LogP contribution in [0.1, 0.15) is 22.1 Å². The number of ether oxygens (including phenoxy) is 2. The molecule has 1 aromatic heterocycles. The highest BCUT2D eigenvalue weighted by molar-refractivity contribution is 5.92. The Hall–Kier alpha value is -2.44. The Kier molecular flexibility index (Phi) is 5.98. The van der Waals surface area contributed by atoms with Crippen molar-refractivity contribution in [2.75, 3.05) is 40.0 Å². The lowest BCUT2D eigenvalue weighted by Gasteiger charge is -2.35. The summed E-state index contributed by atoms with van der Waals surface area (Å²) in [6.07, 6.45) is 1.62. The minimum atomic E-state index is -0.160. The lowest BCUT2D eigenvalue weighted by Crippen LogP contribution is -2.43. The fraction of sp³-hybridized carbons (Fsp3) is 0.368. The number of carbonyl (C=O) groups is 1. The van der Waals surface area contributed by atoms with E-state index < -0.39 is 0 Å². The lowest BCUT2D eigenvalue weighted by atomic mass is 10.0. The summed E-state index contributed by atoms with van der Waals surface area (Å²) in [7, 11) is 1.65. The van der Waals surface area contributed by atoms with E-state index in [2.05, 4.69) is 15.2 Å². The van der Waals surface area contributed by atoms with Crippen molar-refractivity contribution >= 4 is 5.91 Å². The summed E-state index contributed by atoms with van der Waals surface area (Å²) in [5, 5.41) is 3.01. The van der Waals surface area contributed by atoms with Crippen molar-refractivity contribution in [2.45, 2.75) is 6.04 Å². The molecule has 25 heavy (non-hydrogen) atoms. The second-order valence-electron chi connectivity index (χ2n) is 5.86. The van der Waals surface area contributed by atoms with E-state index in [9.17, 15) is 4.79 Å². The molecule has 6 nitrogen and oxygen atoms in total. The summed E-state index contributed by atoms with van der Waals surface area (Å²) in [6, 6.07) is 13.4.